The number of ether oxygens (including phenoxy) is 1. The molecule has 0 aliphatic carbocycles. The average Bonchev–Trinajstić information content (AvgIpc) is 2.49. The molecule has 2 aromatic rings. The molecule has 110 valence electrons. The van der Waals surface area contributed by atoms with Crippen molar-refractivity contribution in [2.45, 2.75) is 6.42 Å². The Morgan fingerprint density at radius 3 is 2.71 bits per heavy atom. The molecule has 2 rings (SSSR count). The molecule has 1 heterocycles. The highest BCUT2D eigenvalue weighted by atomic mass is 35.5. The van der Waals surface area contributed by atoms with Gasteiger partial charge in [-0.15, -0.1) is 0 Å². The first-order chi connectivity index (χ1) is 10.1. The van der Waals surface area contributed by atoms with Gasteiger partial charge in [-0.25, -0.2) is 9.78 Å². The number of benzene rings is 1. The first-order valence-electron chi connectivity index (χ1n) is 6.36. The number of carboxylic acid groups (broad SMARTS) is 1. The monoisotopic (exact) mass is 306 g/mol. The number of carboxylic acids is 1. The summed E-state index contributed by atoms with van der Waals surface area (Å²) in [5.74, 6) is 0.239. The Kier molecular flexibility index (Phi) is 5.00. The van der Waals surface area contributed by atoms with Gasteiger partial charge in [0.25, 0.3) is 0 Å². The zero-order valence-corrected chi connectivity index (χ0v) is 12.2. The van der Waals surface area contributed by atoms with E-state index in [1.54, 1.807) is 7.11 Å². The number of rotatable bonds is 6. The van der Waals surface area contributed by atoms with Crippen LogP contribution < -0.4 is 10.1 Å². The van der Waals surface area contributed by atoms with Crippen molar-refractivity contribution in [3.8, 4) is 5.75 Å². The van der Waals surface area contributed by atoms with Crippen LogP contribution in [0.5, 0.6) is 5.75 Å². The molecular formula is C15H15ClN2O3. The standard InChI is InChI=1S/C15H15ClN2O3/c1-21-11-4-2-10(3-5-11)6-7-17-14-8-12(15(19)20)13(16)9-18-14/h2-5,8-9H,6-7H2,1H3,(H,17,18)(H,19,20). The molecule has 0 amide bonds. The third-order valence-electron chi connectivity index (χ3n) is 2.96. The van der Waals surface area contributed by atoms with Gasteiger partial charge >= 0.3 is 5.97 Å². The fraction of sp³-hybridized carbons (Fsp3) is 0.200. The summed E-state index contributed by atoms with van der Waals surface area (Å²) in [7, 11) is 1.63. The Morgan fingerprint density at radius 1 is 1.38 bits per heavy atom. The van der Waals surface area contributed by atoms with Crippen LogP contribution in [0.25, 0.3) is 0 Å². The van der Waals surface area contributed by atoms with Gasteiger partial charge in [0.05, 0.1) is 17.7 Å². The molecule has 5 nitrogen and oxygen atoms in total. The Hall–Kier alpha value is -2.27. The molecule has 2 N–H and O–H groups in total. The van der Waals surface area contributed by atoms with E-state index >= 15 is 0 Å². The molecular weight excluding hydrogens is 292 g/mol. The molecule has 0 aliphatic heterocycles. The number of carbonyl (C=O) groups is 1. The maximum atomic E-state index is 11.0. The summed E-state index contributed by atoms with van der Waals surface area (Å²) in [6, 6.07) is 9.20. The van der Waals surface area contributed by atoms with Crippen LogP contribution >= 0.6 is 11.6 Å². The zero-order valence-electron chi connectivity index (χ0n) is 11.5. The Labute approximate surface area is 127 Å². The van der Waals surface area contributed by atoms with E-state index < -0.39 is 5.97 Å². The molecule has 21 heavy (non-hydrogen) atoms. The summed E-state index contributed by atoms with van der Waals surface area (Å²) in [6.45, 7) is 0.639. The number of nitrogens with zero attached hydrogens (tertiary/aromatic N) is 1. The number of pyridine rings is 1. The second-order valence-corrected chi connectivity index (χ2v) is 4.79. The molecule has 0 saturated carbocycles. The van der Waals surface area contributed by atoms with Crippen LogP contribution in [0.2, 0.25) is 5.02 Å². The van der Waals surface area contributed by atoms with E-state index in [0.717, 1.165) is 17.7 Å². The SMILES string of the molecule is COc1ccc(CCNc2cc(C(=O)O)c(Cl)cn2)cc1. The highest BCUT2D eigenvalue weighted by Gasteiger charge is 2.10. The van der Waals surface area contributed by atoms with Crippen molar-refractivity contribution in [3.63, 3.8) is 0 Å². The van der Waals surface area contributed by atoms with E-state index in [1.165, 1.54) is 12.3 Å². The third-order valence-corrected chi connectivity index (χ3v) is 3.27. The van der Waals surface area contributed by atoms with Gasteiger partial charge in [-0.3, -0.25) is 0 Å². The molecule has 0 aliphatic rings. The topological polar surface area (TPSA) is 71.5 Å². The second kappa shape index (κ2) is 6.95. The first kappa shape index (κ1) is 15.1. The van der Waals surface area contributed by atoms with E-state index in [-0.39, 0.29) is 10.6 Å². The number of aromatic carboxylic acids is 1. The van der Waals surface area contributed by atoms with E-state index in [9.17, 15) is 4.79 Å². The highest BCUT2D eigenvalue weighted by Crippen LogP contribution is 2.18. The Bertz CT molecular complexity index is 629. The van der Waals surface area contributed by atoms with Crippen LogP contribution in [0.3, 0.4) is 0 Å². The summed E-state index contributed by atoms with van der Waals surface area (Å²) in [4.78, 5) is 15.0. The number of methoxy groups -OCH3 is 1. The van der Waals surface area contributed by atoms with Gasteiger partial charge in [-0.2, -0.15) is 0 Å². The minimum absolute atomic E-state index is 0.0404. The summed E-state index contributed by atoms with van der Waals surface area (Å²) in [5, 5.41) is 12.2. The maximum Gasteiger partial charge on any atom is 0.337 e. The minimum Gasteiger partial charge on any atom is -0.497 e. The van der Waals surface area contributed by atoms with Gasteiger partial charge < -0.3 is 15.2 Å². The summed E-state index contributed by atoms with van der Waals surface area (Å²) < 4.78 is 5.10. The van der Waals surface area contributed by atoms with Crippen molar-refractivity contribution in [2.75, 3.05) is 19.0 Å². The van der Waals surface area contributed by atoms with Gasteiger partial charge in [-0.1, -0.05) is 23.7 Å². The Morgan fingerprint density at radius 2 is 2.10 bits per heavy atom. The predicted octanol–water partition coefficient (Wildman–Crippen LogP) is 3.10. The summed E-state index contributed by atoms with van der Waals surface area (Å²) >= 11 is 5.77. The van der Waals surface area contributed by atoms with Gasteiger partial charge in [-0.05, 0) is 30.2 Å². The lowest BCUT2D eigenvalue weighted by Crippen LogP contribution is -2.08. The van der Waals surface area contributed by atoms with E-state index in [2.05, 4.69) is 10.3 Å². The lowest BCUT2D eigenvalue weighted by molar-refractivity contribution is 0.0697. The average molecular weight is 307 g/mol. The summed E-state index contributed by atoms with van der Waals surface area (Å²) in [6.07, 6.45) is 2.12. The largest absolute Gasteiger partial charge is 0.497 e. The number of hydrogen-bond donors (Lipinski definition) is 2. The fourth-order valence-corrected chi connectivity index (χ4v) is 2.01. The van der Waals surface area contributed by atoms with Crippen LogP contribution in [-0.2, 0) is 6.42 Å². The molecule has 0 atom stereocenters. The molecule has 6 heteroatoms. The molecule has 1 aromatic heterocycles. The van der Waals surface area contributed by atoms with Gasteiger partial charge in [0.2, 0.25) is 0 Å². The van der Waals surface area contributed by atoms with Crippen LogP contribution in [0.15, 0.2) is 36.5 Å². The second-order valence-electron chi connectivity index (χ2n) is 4.38. The number of nitrogens with one attached hydrogen (secondary N) is 1. The van der Waals surface area contributed by atoms with Gasteiger partial charge in [0, 0.05) is 12.7 Å². The quantitative estimate of drug-likeness (QED) is 0.858. The van der Waals surface area contributed by atoms with Crippen LogP contribution in [0.1, 0.15) is 15.9 Å². The number of anilines is 1. The van der Waals surface area contributed by atoms with Gasteiger partial charge in [0.1, 0.15) is 11.6 Å². The lowest BCUT2D eigenvalue weighted by atomic mass is 10.1. The van der Waals surface area contributed by atoms with E-state index in [0.29, 0.717) is 12.4 Å². The zero-order chi connectivity index (χ0) is 15.2. The van der Waals surface area contributed by atoms with Crippen molar-refractivity contribution in [1.29, 1.82) is 0 Å². The first-order valence-corrected chi connectivity index (χ1v) is 6.73. The molecule has 1 aromatic carbocycles. The smallest absolute Gasteiger partial charge is 0.337 e. The van der Waals surface area contributed by atoms with E-state index in [1.807, 2.05) is 24.3 Å². The lowest BCUT2D eigenvalue weighted by Gasteiger charge is -2.08. The van der Waals surface area contributed by atoms with Crippen molar-refractivity contribution in [2.24, 2.45) is 0 Å². The number of hydrogen-bond acceptors (Lipinski definition) is 4. The van der Waals surface area contributed by atoms with Crippen LogP contribution in [0.4, 0.5) is 5.82 Å². The molecule has 0 unspecified atom stereocenters. The molecule has 0 spiro atoms. The van der Waals surface area contributed by atoms with Gasteiger partial charge in [0.15, 0.2) is 0 Å². The van der Waals surface area contributed by atoms with Crippen molar-refractivity contribution in [1.82, 2.24) is 4.98 Å². The number of aromatic nitrogens is 1. The third kappa shape index (κ3) is 4.10. The molecule has 0 radical (unpaired) electrons. The minimum atomic E-state index is -1.07. The van der Waals surface area contributed by atoms with Crippen molar-refractivity contribution in [3.05, 3.63) is 52.7 Å². The maximum absolute atomic E-state index is 11.0. The van der Waals surface area contributed by atoms with E-state index in [4.69, 9.17) is 21.4 Å². The predicted molar refractivity (Wildman–Crippen MR) is 81.4 cm³/mol. The van der Waals surface area contributed by atoms with Crippen molar-refractivity contribution < 1.29 is 14.6 Å². The summed E-state index contributed by atoms with van der Waals surface area (Å²) in [5.41, 5.74) is 1.19. The van der Waals surface area contributed by atoms with Crippen LogP contribution in [0, 0.1) is 0 Å². The number of halogens is 1. The molecule has 0 fully saturated rings. The fourth-order valence-electron chi connectivity index (χ4n) is 1.83. The normalized spacial score (nSPS) is 10.2. The molecule has 0 bridgehead atoms. The van der Waals surface area contributed by atoms with Crippen LogP contribution in [-0.4, -0.2) is 29.7 Å². The molecule has 0 saturated heterocycles. The highest BCUT2D eigenvalue weighted by molar-refractivity contribution is 6.33. The Balaban J connectivity index is 1.93. The van der Waals surface area contributed by atoms with Crippen molar-refractivity contribution >= 4 is 23.4 Å².